The van der Waals surface area contributed by atoms with Gasteiger partial charge in [-0.25, -0.2) is 0 Å². The number of hydrogen-bond donors (Lipinski definition) is 0. The summed E-state index contributed by atoms with van der Waals surface area (Å²) in [7, 11) is 0. The molecule has 0 aromatic rings. The minimum Gasteiger partial charge on any atom is -0.462 e. The van der Waals surface area contributed by atoms with Crippen LogP contribution in [0.3, 0.4) is 0 Å². The van der Waals surface area contributed by atoms with E-state index in [1.54, 1.807) is 0 Å². The lowest BCUT2D eigenvalue weighted by atomic mass is 9.33. The van der Waals surface area contributed by atoms with Crippen molar-refractivity contribution in [2.24, 2.45) is 50.2 Å². The molecule has 0 unspecified atom stereocenters. The topological polar surface area (TPSA) is 26.3 Å². The van der Waals surface area contributed by atoms with Crippen LogP contribution >= 0.6 is 0 Å². The van der Waals surface area contributed by atoms with Gasteiger partial charge in [0.1, 0.15) is 6.10 Å². The number of ether oxygens (including phenoxy) is 1. The van der Waals surface area contributed by atoms with Gasteiger partial charge in [-0.15, -0.1) is 0 Å². The lowest BCUT2D eigenvalue weighted by Crippen LogP contribution is -2.64. The van der Waals surface area contributed by atoms with Crippen LogP contribution in [0.15, 0.2) is 48.1 Å². The van der Waals surface area contributed by atoms with Crippen molar-refractivity contribution in [1.29, 1.82) is 0 Å². The van der Waals surface area contributed by atoms with Crippen LogP contribution in [0.1, 0.15) is 191 Å². The van der Waals surface area contributed by atoms with Gasteiger partial charge in [-0.2, -0.15) is 0 Å². The van der Waals surface area contributed by atoms with Crippen molar-refractivity contribution >= 4 is 5.97 Å². The summed E-state index contributed by atoms with van der Waals surface area (Å²) in [5.41, 5.74) is 3.81. The summed E-state index contributed by atoms with van der Waals surface area (Å²) in [6.45, 7) is 22.9. The summed E-state index contributed by atoms with van der Waals surface area (Å²) in [5.74, 6) is 2.13. The maximum Gasteiger partial charge on any atom is 0.306 e. The van der Waals surface area contributed by atoms with Gasteiger partial charge >= 0.3 is 5.97 Å². The quantitative estimate of drug-likeness (QED) is 0.103. The van der Waals surface area contributed by atoms with E-state index in [1.165, 1.54) is 77.0 Å². The van der Waals surface area contributed by atoms with Crippen LogP contribution < -0.4 is 0 Å². The largest absolute Gasteiger partial charge is 0.462 e. The zero-order valence-electron chi connectivity index (χ0n) is 34.3. The van der Waals surface area contributed by atoms with Gasteiger partial charge in [0.2, 0.25) is 0 Å². The first-order chi connectivity index (χ1) is 23.6. The van der Waals surface area contributed by atoms with Gasteiger partial charge in [-0.05, 0) is 148 Å². The molecule has 0 spiro atoms. The number of carbonyl (C=O) groups excluding carboxylic acids is 1. The molecule has 8 atom stereocenters. The smallest absolute Gasteiger partial charge is 0.306 e. The predicted molar refractivity (Wildman–Crippen MR) is 214 cm³/mol. The lowest BCUT2D eigenvalue weighted by Gasteiger charge is -2.71. The number of rotatable bonds is 14. The standard InChI is InChI=1S/C48H78O2/c1-10-11-12-13-14-15-16-17-18-19-20-21-22-23-24-25-42(49)50-41-29-30-46(7)39(44(41,4)5)28-31-48(9)40(46)27-26-37-38-36-43(2,3)32-33-45(38,6)34-35-47(37,48)8/h11-12,14-15,17-18,26,38-41H,10,13,16,19-25,27-36H2,1-9H3/b12-11-,15-14-,18-17-/t38-,39-,40+,41-,45+,46-,47+,48+/m0/s1. The summed E-state index contributed by atoms with van der Waals surface area (Å²) in [5, 5.41) is 0. The monoisotopic (exact) mass is 687 g/mol. The molecule has 4 saturated carbocycles. The minimum absolute atomic E-state index is 0.0167. The molecule has 0 aliphatic heterocycles. The molecule has 0 radical (unpaired) electrons. The highest BCUT2D eigenvalue weighted by Crippen LogP contribution is 2.75. The SMILES string of the molecule is CC/C=C\C/C=C\C/C=C\CCCCCCCC(=O)O[C@H]1CC[C@]2(C)[C@H]3CC=C4[C@@H]5CC(C)(C)CC[C@]5(C)CC[C@@]4(C)[C@]3(C)CC[C@H]2C1(C)C. The van der Waals surface area contributed by atoms with Gasteiger partial charge in [-0.3, -0.25) is 4.79 Å². The Morgan fingerprint density at radius 3 is 2.14 bits per heavy atom. The van der Waals surface area contributed by atoms with Crippen molar-refractivity contribution in [2.45, 2.75) is 197 Å². The van der Waals surface area contributed by atoms with Crippen LogP contribution in [0, 0.1) is 50.2 Å². The van der Waals surface area contributed by atoms with E-state index in [0.717, 1.165) is 50.9 Å². The molecule has 2 heteroatoms. The average molecular weight is 687 g/mol. The fourth-order valence-electron chi connectivity index (χ4n) is 12.8. The van der Waals surface area contributed by atoms with Gasteiger partial charge in [0.15, 0.2) is 0 Å². The zero-order chi connectivity index (χ0) is 36.3. The van der Waals surface area contributed by atoms with Crippen LogP contribution in [-0.2, 0) is 9.53 Å². The highest BCUT2D eigenvalue weighted by atomic mass is 16.5. The van der Waals surface area contributed by atoms with Gasteiger partial charge in [0, 0.05) is 11.8 Å². The number of fused-ring (bicyclic) bond motifs is 7. The summed E-state index contributed by atoms with van der Waals surface area (Å²) >= 11 is 0. The Balaban J connectivity index is 1.10. The second kappa shape index (κ2) is 15.8. The number of allylic oxidation sites excluding steroid dienone is 8. The van der Waals surface area contributed by atoms with E-state index in [-0.39, 0.29) is 17.5 Å². The molecule has 0 aromatic carbocycles. The van der Waals surface area contributed by atoms with Crippen LogP contribution in [-0.4, -0.2) is 12.1 Å². The van der Waals surface area contributed by atoms with Crippen LogP contribution in [0.25, 0.3) is 0 Å². The first kappa shape index (κ1) is 39.6. The van der Waals surface area contributed by atoms with E-state index in [1.807, 2.05) is 5.57 Å². The fourth-order valence-corrected chi connectivity index (χ4v) is 12.8. The Morgan fingerprint density at radius 1 is 0.740 bits per heavy atom. The van der Waals surface area contributed by atoms with Crippen LogP contribution in [0.5, 0.6) is 0 Å². The molecule has 0 saturated heterocycles. The van der Waals surface area contributed by atoms with Crippen molar-refractivity contribution in [2.75, 3.05) is 0 Å². The molecular formula is C48H78O2. The molecule has 50 heavy (non-hydrogen) atoms. The number of esters is 1. The van der Waals surface area contributed by atoms with E-state index in [4.69, 9.17) is 4.74 Å². The highest BCUT2D eigenvalue weighted by molar-refractivity contribution is 5.69. The third-order valence-electron chi connectivity index (χ3n) is 16.3. The molecule has 2 nitrogen and oxygen atoms in total. The molecule has 0 bridgehead atoms. The Bertz CT molecular complexity index is 1280. The van der Waals surface area contributed by atoms with E-state index >= 15 is 0 Å². The summed E-state index contributed by atoms with van der Waals surface area (Å²) in [6, 6.07) is 0. The normalized spacial score (nSPS) is 39.1. The lowest BCUT2D eigenvalue weighted by molar-refractivity contribution is -0.212. The molecule has 0 N–H and O–H groups in total. The summed E-state index contributed by atoms with van der Waals surface area (Å²) in [4.78, 5) is 13.2. The van der Waals surface area contributed by atoms with Gasteiger partial charge < -0.3 is 4.74 Å². The second-order valence-electron chi connectivity index (χ2n) is 20.3. The Labute approximate surface area is 309 Å². The first-order valence-corrected chi connectivity index (χ1v) is 21.5. The predicted octanol–water partition coefficient (Wildman–Crippen LogP) is 14.3. The first-order valence-electron chi connectivity index (χ1n) is 21.5. The van der Waals surface area contributed by atoms with E-state index in [9.17, 15) is 4.79 Å². The number of carbonyl (C=O) groups is 1. The van der Waals surface area contributed by atoms with Gasteiger partial charge in [0.25, 0.3) is 0 Å². The molecule has 5 aliphatic carbocycles. The second-order valence-corrected chi connectivity index (χ2v) is 20.3. The number of unbranched alkanes of at least 4 members (excludes halogenated alkanes) is 5. The Hall–Kier alpha value is -1.57. The molecule has 282 valence electrons. The Kier molecular flexibility index (Phi) is 12.5. The Morgan fingerprint density at radius 2 is 1.40 bits per heavy atom. The fraction of sp³-hybridized carbons (Fsp3) is 0.812. The molecule has 0 heterocycles. The van der Waals surface area contributed by atoms with Crippen molar-refractivity contribution in [3.05, 3.63) is 48.1 Å². The van der Waals surface area contributed by atoms with Crippen LogP contribution in [0.4, 0.5) is 0 Å². The molecule has 5 rings (SSSR count). The molecule has 4 fully saturated rings. The van der Waals surface area contributed by atoms with Crippen molar-refractivity contribution in [3.8, 4) is 0 Å². The van der Waals surface area contributed by atoms with Crippen molar-refractivity contribution in [3.63, 3.8) is 0 Å². The van der Waals surface area contributed by atoms with E-state index in [2.05, 4.69) is 105 Å². The van der Waals surface area contributed by atoms with Crippen molar-refractivity contribution < 1.29 is 9.53 Å². The third-order valence-corrected chi connectivity index (χ3v) is 16.3. The summed E-state index contributed by atoms with van der Waals surface area (Å²) < 4.78 is 6.41. The minimum atomic E-state index is 0.0167. The zero-order valence-corrected chi connectivity index (χ0v) is 34.3. The molecule has 0 aromatic heterocycles. The maximum absolute atomic E-state index is 13.2. The van der Waals surface area contributed by atoms with E-state index in [0.29, 0.717) is 45.3 Å². The van der Waals surface area contributed by atoms with Gasteiger partial charge in [-0.1, -0.05) is 130 Å². The van der Waals surface area contributed by atoms with Crippen molar-refractivity contribution in [1.82, 2.24) is 0 Å². The summed E-state index contributed by atoms with van der Waals surface area (Å²) in [6.07, 6.45) is 40.3. The third kappa shape index (κ3) is 7.86. The average Bonchev–Trinajstić information content (AvgIpc) is 3.05. The molecule has 5 aliphatic rings. The van der Waals surface area contributed by atoms with Crippen LogP contribution in [0.2, 0.25) is 0 Å². The molecular weight excluding hydrogens is 609 g/mol. The number of hydrogen-bond acceptors (Lipinski definition) is 2. The highest BCUT2D eigenvalue weighted by Gasteiger charge is 2.68. The van der Waals surface area contributed by atoms with Gasteiger partial charge in [0.05, 0.1) is 0 Å². The maximum atomic E-state index is 13.2. The van der Waals surface area contributed by atoms with E-state index < -0.39 is 0 Å². The molecule has 0 amide bonds.